The van der Waals surface area contributed by atoms with Crippen LogP contribution in [0.4, 0.5) is 4.79 Å². The van der Waals surface area contributed by atoms with E-state index in [4.69, 9.17) is 16.3 Å². The molecular formula is C18H20BrClN2O2. The molecule has 4 nitrogen and oxygen atoms in total. The highest BCUT2D eigenvalue weighted by molar-refractivity contribution is 9.10. The van der Waals surface area contributed by atoms with Crippen molar-refractivity contribution in [3.8, 4) is 0 Å². The molecule has 128 valence electrons. The van der Waals surface area contributed by atoms with Gasteiger partial charge in [0.2, 0.25) is 0 Å². The van der Waals surface area contributed by atoms with Gasteiger partial charge in [0.05, 0.1) is 11.6 Å². The molecule has 1 aliphatic heterocycles. The Morgan fingerprint density at radius 1 is 1.42 bits per heavy atom. The number of rotatable bonds is 1. The molecule has 3 rings (SSSR count). The van der Waals surface area contributed by atoms with Crippen molar-refractivity contribution in [2.75, 3.05) is 6.54 Å². The summed E-state index contributed by atoms with van der Waals surface area (Å²) in [6.07, 6.45) is 1.49. The van der Waals surface area contributed by atoms with E-state index >= 15 is 0 Å². The van der Waals surface area contributed by atoms with Crippen molar-refractivity contribution in [1.29, 1.82) is 0 Å². The second kappa shape index (κ2) is 6.52. The van der Waals surface area contributed by atoms with Crippen LogP contribution in [0.1, 0.15) is 45.2 Å². The van der Waals surface area contributed by atoms with E-state index in [0.29, 0.717) is 11.7 Å². The van der Waals surface area contributed by atoms with E-state index in [-0.39, 0.29) is 12.1 Å². The number of para-hydroxylation sites is 1. The lowest BCUT2D eigenvalue weighted by Crippen LogP contribution is -2.36. The molecule has 1 aliphatic rings. The van der Waals surface area contributed by atoms with Crippen molar-refractivity contribution in [2.24, 2.45) is 0 Å². The van der Waals surface area contributed by atoms with Crippen molar-refractivity contribution < 1.29 is 9.53 Å². The third-order valence-corrected chi connectivity index (χ3v) is 4.96. The van der Waals surface area contributed by atoms with Gasteiger partial charge in [-0.2, -0.15) is 0 Å². The maximum absolute atomic E-state index is 12.5. The van der Waals surface area contributed by atoms with Gasteiger partial charge in [-0.3, -0.25) is 0 Å². The maximum Gasteiger partial charge on any atom is 0.410 e. The Morgan fingerprint density at radius 2 is 2.17 bits per heavy atom. The fraction of sp³-hybridized carbons (Fsp3) is 0.444. The number of likely N-dealkylation sites (tertiary alicyclic amines) is 1. The fourth-order valence-electron chi connectivity index (χ4n) is 3.02. The van der Waals surface area contributed by atoms with E-state index in [2.05, 4.69) is 20.9 Å². The zero-order chi connectivity index (χ0) is 17.5. The van der Waals surface area contributed by atoms with Crippen LogP contribution in [0, 0.1) is 0 Å². The number of hydrogen-bond acceptors (Lipinski definition) is 3. The zero-order valence-corrected chi connectivity index (χ0v) is 16.3. The molecule has 6 heteroatoms. The summed E-state index contributed by atoms with van der Waals surface area (Å²) in [4.78, 5) is 18.8. The molecule has 0 spiro atoms. The zero-order valence-electron chi connectivity index (χ0n) is 14.0. The largest absolute Gasteiger partial charge is 0.444 e. The smallest absolute Gasteiger partial charge is 0.410 e. The molecule has 0 saturated carbocycles. The first-order chi connectivity index (χ1) is 11.3. The first kappa shape index (κ1) is 17.5. The summed E-state index contributed by atoms with van der Waals surface area (Å²) >= 11 is 9.95. The van der Waals surface area contributed by atoms with E-state index < -0.39 is 5.60 Å². The minimum Gasteiger partial charge on any atom is -0.444 e. The summed E-state index contributed by atoms with van der Waals surface area (Å²) in [5.41, 5.74) is 1.19. The lowest BCUT2D eigenvalue weighted by Gasteiger charge is -2.29. The monoisotopic (exact) mass is 410 g/mol. The molecule has 1 aromatic carbocycles. The van der Waals surface area contributed by atoms with Crippen LogP contribution < -0.4 is 0 Å². The molecule has 0 bridgehead atoms. The van der Waals surface area contributed by atoms with Gasteiger partial charge in [-0.1, -0.05) is 23.7 Å². The summed E-state index contributed by atoms with van der Waals surface area (Å²) in [5.74, 6) is 0. The number of benzene rings is 1. The number of carbonyl (C=O) groups is 1. The number of ether oxygens (including phenoxy) is 1. The first-order valence-electron chi connectivity index (χ1n) is 8.00. The SMILES string of the molecule is CC(C)(C)OC(=O)N1CCC[C@H]1c1cc2cccc(Br)c2nc1Cl. The van der Waals surface area contributed by atoms with Gasteiger partial charge in [-0.05, 0) is 61.7 Å². The third-order valence-electron chi connectivity index (χ3n) is 4.02. The number of carbonyl (C=O) groups excluding carboxylic acids is 1. The van der Waals surface area contributed by atoms with Crippen LogP contribution in [0.5, 0.6) is 0 Å². The van der Waals surface area contributed by atoms with Crippen molar-refractivity contribution in [1.82, 2.24) is 9.88 Å². The van der Waals surface area contributed by atoms with Gasteiger partial charge in [0.25, 0.3) is 0 Å². The molecule has 1 saturated heterocycles. The van der Waals surface area contributed by atoms with E-state index in [1.54, 1.807) is 4.90 Å². The van der Waals surface area contributed by atoms with Crippen molar-refractivity contribution in [3.05, 3.63) is 39.5 Å². The van der Waals surface area contributed by atoms with Gasteiger partial charge in [-0.15, -0.1) is 0 Å². The van der Waals surface area contributed by atoms with Crippen LogP contribution in [0.2, 0.25) is 5.15 Å². The van der Waals surface area contributed by atoms with Gasteiger partial charge >= 0.3 is 6.09 Å². The van der Waals surface area contributed by atoms with E-state index in [0.717, 1.165) is 33.8 Å². The Labute approximate surface area is 155 Å². The lowest BCUT2D eigenvalue weighted by atomic mass is 10.0. The van der Waals surface area contributed by atoms with Crippen LogP contribution in [0.15, 0.2) is 28.7 Å². The molecule has 1 atom stereocenters. The Morgan fingerprint density at radius 3 is 2.88 bits per heavy atom. The van der Waals surface area contributed by atoms with Gasteiger partial charge in [0.1, 0.15) is 10.8 Å². The highest BCUT2D eigenvalue weighted by Gasteiger charge is 2.34. The quantitative estimate of drug-likeness (QED) is 0.563. The molecule has 1 amide bonds. The Balaban J connectivity index is 1.97. The normalized spacial score (nSPS) is 18.2. The number of amides is 1. The molecule has 2 heterocycles. The maximum atomic E-state index is 12.5. The van der Waals surface area contributed by atoms with E-state index in [1.165, 1.54) is 0 Å². The molecule has 2 aromatic rings. The number of halogens is 2. The first-order valence-corrected chi connectivity index (χ1v) is 9.17. The van der Waals surface area contributed by atoms with Crippen LogP contribution in [0.3, 0.4) is 0 Å². The van der Waals surface area contributed by atoms with Crippen LogP contribution in [-0.2, 0) is 4.74 Å². The molecule has 1 aromatic heterocycles. The van der Waals surface area contributed by atoms with Gasteiger partial charge in [0.15, 0.2) is 0 Å². The van der Waals surface area contributed by atoms with Crippen LogP contribution in [-0.4, -0.2) is 28.1 Å². The van der Waals surface area contributed by atoms with Gasteiger partial charge in [-0.25, -0.2) is 9.78 Å². The molecule has 24 heavy (non-hydrogen) atoms. The van der Waals surface area contributed by atoms with Crippen molar-refractivity contribution in [3.63, 3.8) is 0 Å². The van der Waals surface area contributed by atoms with Crippen LogP contribution in [0.25, 0.3) is 10.9 Å². The van der Waals surface area contributed by atoms with Crippen molar-refractivity contribution in [2.45, 2.75) is 45.3 Å². The summed E-state index contributed by atoms with van der Waals surface area (Å²) in [6, 6.07) is 7.84. The summed E-state index contributed by atoms with van der Waals surface area (Å²) < 4.78 is 6.44. The second-order valence-corrected chi connectivity index (χ2v) is 8.22. The summed E-state index contributed by atoms with van der Waals surface area (Å²) in [7, 11) is 0. The molecule has 0 unspecified atom stereocenters. The predicted octanol–water partition coefficient (Wildman–Crippen LogP) is 5.72. The minimum absolute atomic E-state index is 0.0942. The average molecular weight is 412 g/mol. The highest BCUT2D eigenvalue weighted by atomic mass is 79.9. The molecular weight excluding hydrogens is 392 g/mol. The minimum atomic E-state index is -0.513. The number of hydrogen-bond donors (Lipinski definition) is 0. The summed E-state index contributed by atoms with van der Waals surface area (Å²) in [5, 5.41) is 1.44. The van der Waals surface area contributed by atoms with E-state index in [1.807, 2.05) is 45.0 Å². The van der Waals surface area contributed by atoms with E-state index in [9.17, 15) is 4.79 Å². The number of aromatic nitrogens is 1. The molecule has 0 aliphatic carbocycles. The predicted molar refractivity (Wildman–Crippen MR) is 99.4 cm³/mol. The highest BCUT2D eigenvalue weighted by Crippen LogP contribution is 2.38. The second-order valence-electron chi connectivity index (χ2n) is 7.01. The Hall–Kier alpha value is -1.33. The molecule has 1 fully saturated rings. The average Bonchev–Trinajstić information content (AvgIpc) is 2.95. The van der Waals surface area contributed by atoms with Crippen LogP contribution >= 0.6 is 27.5 Å². The summed E-state index contributed by atoms with van der Waals surface area (Å²) in [6.45, 7) is 6.29. The Bertz CT molecular complexity index is 788. The standard InChI is InChI=1S/C18H20BrClN2O2/c1-18(2,3)24-17(23)22-9-5-8-14(22)12-10-11-6-4-7-13(19)15(11)21-16(12)20/h4,6-7,10,14H,5,8-9H2,1-3H3/t14-/m0/s1. The molecule has 0 radical (unpaired) electrons. The van der Waals surface area contributed by atoms with Gasteiger partial charge in [0, 0.05) is 22.0 Å². The Kier molecular flexibility index (Phi) is 4.76. The van der Waals surface area contributed by atoms with Crippen molar-refractivity contribution >= 4 is 44.5 Å². The molecule has 0 N–H and O–H groups in total. The third kappa shape index (κ3) is 3.52. The topological polar surface area (TPSA) is 42.4 Å². The number of fused-ring (bicyclic) bond motifs is 1. The number of nitrogens with zero attached hydrogens (tertiary/aromatic N) is 2. The number of pyridine rings is 1. The fourth-order valence-corrected chi connectivity index (χ4v) is 3.75. The lowest BCUT2D eigenvalue weighted by molar-refractivity contribution is 0.0224. The van der Waals surface area contributed by atoms with Gasteiger partial charge < -0.3 is 9.64 Å².